The van der Waals surface area contributed by atoms with Gasteiger partial charge in [-0.3, -0.25) is 9.98 Å². The zero-order valence-corrected chi connectivity index (χ0v) is 12.7. The van der Waals surface area contributed by atoms with E-state index < -0.39 is 0 Å². The standard InChI is InChI=1S/C14H26N4O2/c1-5-16-13(11-20-6-2)18-10-12(3)14(15)17-8-7-9-19-4/h7,9H,3,5-6,8,10-11H2,1-2,4H3,(H2,15,17)(H,16,18)/b9-7+. The predicted molar refractivity (Wildman–Crippen MR) is 84.3 cm³/mol. The summed E-state index contributed by atoms with van der Waals surface area (Å²) in [5.74, 6) is 1.20. The minimum Gasteiger partial charge on any atom is -0.505 e. The maximum atomic E-state index is 5.81. The summed E-state index contributed by atoms with van der Waals surface area (Å²) in [6.45, 7) is 10.6. The normalized spacial score (nSPS) is 12.8. The highest BCUT2D eigenvalue weighted by Gasteiger charge is 2.01. The fourth-order valence-electron chi connectivity index (χ4n) is 1.23. The highest BCUT2D eigenvalue weighted by molar-refractivity contribution is 5.97. The molecule has 0 aliphatic heterocycles. The van der Waals surface area contributed by atoms with Crippen molar-refractivity contribution in [1.29, 1.82) is 0 Å². The number of methoxy groups -OCH3 is 1. The first-order valence-electron chi connectivity index (χ1n) is 6.66. The fraction of sp³-hybridized carbons (Fsp3) is 0.571. The molecule has 114 valence electrons. The number of aliphatic imine (C=N–C) groups is 2. The summed E-state index contributed by atoms with van der Waals surface area (Å²) in [4.78, 5) is 8.55. The molecule has 0 aromatic carbocycles. The molecule has 6 nitrogen and oxygen atoms in total. The maximum Gasteiger partial charge on any atom is 0.123 e. The van der Waals surface area contributed by atoms with Gasteiger partial charge in [-0.2, -0.15) is 0 Å². The first-order valence-corrected chi connectivity index (χ1v) is 6.66. The van der Waals surface area contributed by atoms with E-state index in [1.165, 1.54) is 0 Å². The zero-order valence-electron chi connectivity index (χ0n) is 12.7. The van der Waals surface area contributed by atoms with Crippen LogP contribution in [0, 0.1) is 0 Å². The number of hydrogen-bond donors (Lipinski definition) is 2. The highest BCUT2D eigenvalue weighted by atomic mass is 16.5. The molecular weight excluding hydrogens is 256 g/mol. The molecule has 0 aliphatic carbocycles. The van der Waals surface area contributed by atoms with Gasteiger partial charge in [0.2, 0.25) is 0 Å². The molecule has 0 spiro atoms. The van der Waals surface area contributed by atoms with Gasteiger partial charge in [-0.1, -0.05) is 6.58 Å². The van der Waals surface area contributed by atoms with Crippen molar-refractivity contribution in [1.82, 2.24) is 5.32 Å². The number of likely N-dealkylation sites (N-methyl/N-ethyl adjacent to an activating group) is 1. The van der Waals surface area contributed by atoms with Gasteiger partial charge in [0.1, 0.15) is 18.3 Å². The first kappa shape index (κ1) is 18.2. The zero-order chi connectivity index (χ0) is 15.2. The summed E-state index contributed by atoms with van der Waals surface area (Å²) in [5.41, 5.74) is 6.50. The number of nitrogens with zero attached hydrogens (tertiary/aromatic N) is 2. The summed E-state index contributed by atoms with van der Waals surface area (Å²) in [6, 6.07) is 0. The van der Waals surface area contributed by atoms with Gasteiger partial charge < -0.3 is 20.5 Å². The van der Waals surface area contributed by atoms with Gasteiger partial charge in [-0.15, -0.1) is 0 Å². The number of amidine groups is 2. The third-order valence-electron chi connectivity index (χ3n) is 2.25. The van der Waals surface area contributed by atoms with Crippen LogP contribution in [0.5, 0.6) is 0 Å². The lowest BCUT2D eigenvalue weighted by molar-refractivity contribution is 0.185. The van der Waals surface area contributed by atoms with Crippen LogP contribution >= 0.6 is 0 Å². The molecule has 0 rings (SSSR count). The average molecular weight is 282 g/mol. The molecule has 0 atom stereocenters. The Morgan fingerprint density at radius 2 is 2.10 bits per heavy atom. The minimum absolute atomic E-state index is 0.402. The summed E-state index contributed by atoms with van der Waals surface area (Å²) >= 11 is 0. The molecule has 0 heterocycles. The van der Waals surface area contributed by atoms with Crippen LogP contribution in [0.1, 0.15) is 13.8 Å². The van der Waals surface area contributed by atoms with E-state index in [1.807, 2.05) is 13.8 Å². The van der Waals surface area contributed by atoms with Crippen LogP contribution in [0.25, 0.3) is 0 Å². The average Bonchev–Trinajstić information content (AvgIpc) is 2.45. The monoisotopic (exact) mass is 282 g/mol. The Morgan fingerprint density at radius 3 is 2.70 bits per heavy atom. The third kappa shape index (κ3) is 9.16. The molecule has 0 amide bonds. The molecular formula is C14H26N4O2. The van der Waals surface area contributed by atoms with Gasteiger partial charge in [-0.25, -0.2) is 0 Å². The Hall–Kier alpha value is -1.82. The lowest BCUT2D eigenvalue weighted by Crippen LogP contribution is -2.28. The van der Waals surface area contributed by atoms with Crippen molar-refractivity contribution >= 4 is 11.7 Å². The van der Waals surface area contributed by atoms with Crippen molar-refractivity contribution in [2.75, 3.05) is 40.0 Å². The summed E-state index contributed by atoms with van der Waals surface area (Å²) in [6.07, 6.45) is 3.33. The van der Waals surface area contributed by atoms with Crippen molar-refractivity contribution in [3.05, 3.63) is 24.5 Å². The first-order chi connectivity index (χ1) is 9.65. The van der Waals surface area contributed by atoms with Crippen LogP contribution in [0.2, 0.25) is 0 Å². The fourth-order valence-corrected chi connectivity index (χ4v) is 1.23. The van der Waals surface area contributed by atoms with Crippen molar-refractivity contribution in [3.63, 3.8) is 0 Å². The van der Waals surface area contributed by atoms with Crippen LogP contribution in [0.4, 0.5) is 0 Å². The largest absolute Gasteiger partial charge is 0.505 e. The SMILES string of the molecule is C=C(CN=C(COCC)NCC)C(N)=NC/C=C/OC. The summed E-state index contributed by atoms with van der Waals surface area (Å²) in [7, 11) is 1.58. The smallest absolute Gasteiger partial charge is 0.123 e. The number of nitrogens with one attached hydrogen (secondary N) is 1. The lowest BCUT2D eigenvalue weighted by Gasteiger charge is -2.09. The maximum absolute atomic E-state index is 5.81. The molecule has 20 heavy (non-hydrogen) atoms. The molecule has 0 aromatic rings. The van der Waals surface area contributed by atoms with Crippen molar-refractivity contribution in [2.45, 2.75) is 13.8 Å². The van der Waals surface area contributed by atoms with E-state index in [0.717, 1.165) is 12.4 Å². The molecule has 0 radical (unpaired) electrons. The summed E-state index contributed by atoms with van der Waals surface area (Å²) in [5, 5.41) is 3.15. The van der Waals surface area contributed by atoms with Crippen LogP contribution in [0.15, 0.2) is 34.5 Å². The van der Waals surface area contributed by atoms with Crippen molar-refractivity contribution < 1.29 is 9.47 Å². The summed E-state index contributed by atoms with van der Waals surface area (Å²) < 4.78 is 10.1. The van der Waals surface area contributed by atoms with Gasteiger partial charge in [0, 0.05) is 18.7 Å². The Balaban J connectivity index is 4.36. The van der Waals surface area contributed by atoms with E-state index in [0.29, 0.717) is 37.7 Å². The van der Waals surface area contributed by atoms with E-state index in [9.17, 15) is 0 Å². The van der Waals surface area contributed by atoms with Gasteiger partial charge >= 0.3 is 0 Å². The Labute approximate surface area is 121 Å². The quantitative estimate of drug-likeness (QED) is 0.357. The molecule has 0 aromatic heterocycles. The second kappa shape index (κ2) is 12.2. The molecule has 0 saturated heterocycles. The van der Waals surface area contributed by atoms with E-state index >= 15 is 0 Å². The third-order valence-corrected chi connectivity index (χ3v) is 2.25. The lowest BCUT2D eigenvalue weighted by atomic mass is 10.3. The van der Waals surface area contributed by atoms with E-state index in [4.69, 9.17) is 15.2 Å². The molecule has 6 heteroatoms. The number of hydrogen-bond acceptors (Lipinski definition) is 4. The van der Waals surface area contributed by atoms with Gasteiger partial charge in [0.25, 0.3) is 0 Å². The number of nitrogens with two attached hydrogens (primary N) is 1. The van der Waals surface area contributed by atoms with Crippen LogP contribution in [-0.4, -0.2) is 51.6 Å². The predicted octanol–water partition coefficient (Wildman–Crippen LogP) is 1.10. The second-order valence-corrected chi connectivity index (χ2v) is 3.87. The molecule has 0 fully saturated rings. The Morgan fingerprint density at radius 1 is 1.35 bits per heavy atom. The van der Waals surface area contributed by atoms with E-state index in [2.05, 4.69) is 21.9 Å². The van der Waals surface area contributed by atoms with Gasteiger partial charge in [-0.05, 0) is 19.9 Å². The van der Waals surface area contributed by atoms with E-state index in [-0.39, 0.29) is 0 Å². The number of rotatable bonds is 10. The van der Waals surface area contributed by atoms with Crippen molar-refractivity contribution in [2.24, 2.45) is 15.7 Å². The highest BCUT2D eigenvalue weighted by Crippen LogP contribution is 1.94. The molecule has 0 bridgehead atoms. The Kier molecular flexibility index (Phi) is 11.1. The molecule has 0 unspecified atom stereocenters. The van der Waals surface area contributed by atoms with Crippen LogP contribution < -0.4 is 11.1 Å². The van der Waals surface area contributed by atoms with Crippen LogP contribution in [-0.2, 0) is 9.47 Å². The minimum atomic E-state index is 0.402. The molecule has 0 aliphatic rings. The molecule has 3 N–H and O–H groups in total. The van der Waals surface area contributed by atoms with Crippen LogP contribution in [0.3, 0.4) is 0 Å². The van der Waals surface area contributed by atoms with Crippen molar-refractivity contribution in [3.8, 4) is 0 Å². The molecule has 0 saturated carbocycles. The van der Waals surface area contributed by atoms with E-state index in [1.54, 1.807) is 19.4 Å². The van der Waals surface area contributed by atoms with Gasteiger partial charge in [0.15, 0.2) is 0 Å². The topological polar surface area (TPSA) is 81.2 Å². The Bertz CT molecular complexity index is 362. The number of ether oxygens (including phenoxy) is 2. The second-order valence-electron chi connectivity index (χ2n) is 3.87. The van der Waals surface area contributed by atoms with Gasteiger partial charge in [0.05, 0.1) is 26.5 Å².